The summed E-state index contributed by atoms with van der Waals surface area (Å²) in [6, 6.07) is 7.00. The number of halogens is 1. The number of aryl methyl sites for hydroxylation is 1. The number of aromatic nitrogens is 1. The third-order valence-electron chi connectivity index (χ3n) is 2.51. The minimum atomic E-state index is -0.540. The van der Waals surface area contributed by atoms with E-state index in [-0.39, 0.29) is 12.1 Å². The highest BCUT2D eigenvalue weighted by molar-refractivity contribution is 5.82. The number of methoxy groups -OCH3 is 1. The third-order valence-corrected chi connectivity index (χ3v) is 2.51. The second-order valence-corrected chi connectivity index (χ2v) is 3.46. The van der Waals surface area contributed by atoms with Crippen LogP contribution < -0.4 is 10.3 Å². The van der Waals surface area contributed by atoms with Crippen molar-refractivity contribution in [3.05, 3.63) is 40.8 Å². The van der Waals surface area contributed by atoms with Crippen molar-refractivity contribution in [2.24, 2.45) is 0 Å². The molecule has 0 amide bonds. The van der Waals surface area contributed by atoms with Gasteiger partial charge in [-0.05, 0) is 29.7 Å². The number of nitrogens with zero attached hydrogens (tertiary/aromatic N) is 1. The Kier molecular flexibility index (Phi) is 2.90. The molecule has 1 heterocycles. The van der Waals surface area contributed by atoms with Crippen LogP contribution in [0.4, 0.5) is 4.39 Å². The predicted molar refractivity (Wildman–Crippen MR) is 60.7 cm³/mol. The van der Waals surface area contributed by atoms with Crippen LogP contribution in [0.5, 0.6) is 5.75 Å². The molecule has 4 heteroatoms. The van der Waals surface area contributed by atoms with Gasteiger partial charge in [0.05, 0.1) is 13.7 Å². The summed E-state index contributed by atoms with van der Waals surface area (Å²) in [7, 11) is 1.57. The summed E-state index contributed by atoms with van der Waals surface area (Å²) in [5.74, 6) is 0.704. The number of hydrogen-bond donors (Lipinski definition) is 0. The van der Waals surface area contributed by atoms with Crippen LogP contribution in [-0.4, -0.2) is 18.4 Å². The molecule has 0 saturated carbocycles. The lowest BCUT2D eigenvalue weighted by Crippen LogP contribution is -2.20. The fourth-order valence-corrected chi connectivity index (χ4v) is 1.66. The molecule has 1 aromatic heterocycles. The van der Waals surface area contributed by atoms with Crippen LogP contribution in [0.25, 0.3) is 10.8 Å². The Morgan fingerprint density at radius 1 is 1.38 bits per heavy atom. The molecule has 0 saturated heterocycles. The van der Waals surface area contributed by atoms with Crippen LogP contribution in [0.2, 0.25) is 0 Å². The van der Waals surface area contributed by atoms with E-state index in [9.17, 15) is 9.18 Å². The monoisotopic (exact) mass is 221 g/mol. The van der Waals surface area contributed by atoms with Gasteiger partial charge in [0.2, 0.25) is 0 Å². The van der Waals surface area contributed by atoms with Gasteiger partial charge >= 0.3 is 0 Å². The number of pyridine rings is 1. The van der Waals surface area contributed by atoms with Crippen LogP contribution >= 0.6 is 0 Å². The van der Waals surface area contributed by atoms with Crippen LogP contribution in [0, 0.1) is 0 Å². The van der Waals surface area contributed by atoms with Crippen molar-refractivity contribution in [1.29, 1.82) is 0 Å². The Morgan fingerprint density at radius 3 is 2.88 bits per heavy atom. The van der Waals surface area contributed by atoms with Crippen LogP contribution in [-0.2, 0) is 6.54 Å². The Hall–Kier alpha value is -1.84. The maximum atomic E-state index is 12.2. The number of fused-ring (bicyclic) bond motifs is 1. The van der Waals surface area contributed by atoms with Gasteiger partial charge in [0.1, 0.15) is 12.4 Å². The largest absolute Gasteiger partial charge is 0.497 e. The van der Waals surface area contributed by atoms with E-state index < -0.39 is 6.67 Å². The molecule has 0 radical (unpaired) electrons. The molecule has 2 aromatic rings. The Morgan fingerprint density at radius 2 is 2.19 bits per heavy atom. The molecular weight excluding hydrogens is 209 g/mol. The zero-order valence-corrected chi connectivity index (χ0v) is 8.94. The molecule has 1 aromatic carbocycles. The van der Waals surface area contributed by atoms with Gasteiger partial charge in [-0.15, -0.1) is 0 Å². The van der Waals surface area contributed by atoms with Gasteiger partial charge in [0.25, 0.3) is 5.56 Å². The first-order chi connectivity index (χ1) is 7.76. The second-order valence-electron chi connectivity index (χ2n) is 3.46. The summed E-state index contributed by atoms with van der Waals surface area (Å²) >= 11 is 0. The average Bonchev–Trinajstić information content (AvgIpc) is 2.32. The number of alkyl halides is 1. The van der Waals surface area contributed by atoms with E-state index in [2.05, 4.69) is 0 Å². The summed E-state index contributed by atoms with van der Waals surface area (Å²) in [5, 5.41) is 1.39. The fraction of sp³-hybridized carbons (Fsp3) is 0.250. The summed E-state index contributed by atoms with van der Waals surface area (Å²) in [6.07, 6.45) is 1.60. The van der Waals surface area contributed by atoms with Gasteiger partial charge in [-0.2, -0.15) is 0 Å². The minimum absolute atomic E-state index is 0.0980. The first-order valence-electron chi connectivity index (χ1n) is 4.99. The van der Waals surface area contributed by atoms with E-state index in [4.69, 9.17) is 4.74 Å². The molecule has 16 heavy (non-hydrogen) atoms. The molecule has 0 N–H and O–H groups in total. The highest BCUT2D eigenvalue weighted by atomic mass is 19.1. The lowest BCUT2D eigenvalue weighted by molar-refractivity contribution is 0.415. The highest BCUT2D eigenvalue weighted by Gasteiger charge is 2.03. The molecule has 3 nitrogen and oxygen atoms in total. The quantitative estimate of drug-likeness (QED) is 0.793. The van der Waals surface area contributed by atoms with E-state index in [0.717, 1.165) is 5.39 Å². The van der Waals surface area contributed by atoms with Gasteiger partial charge in [-0.3, -0.25) is 4.79 Å². The molecule has 0 fully saturated rings. The highest BCUT2D eigenvalue weighted by Crippen LogP contribution is 2.17. The van der Waals surface area contributed by atoms with E-state index in [1.807, 2.05) is 0 Å². The first-order valence-corrected chi connectivity index (χ1v) is 4.99. The lowest BCUT2D eigenvalue weighted by Gasteiger charge is -2.06. The van der Waals surface area contributed by atoms with Crippen molar-refractivity contribution in [3.63, 3.8) is 0 Å². The van der Waals surface area contributed by atoms with Crippen molar-refractivity contribution in [2.45, 2.75) is 6.54 Å². The zero-order valence-electron chi connectivity index (χ0n) is 8.94. The molecule has 2 rings (SSSR count). The fourth-order valence-electron chi connectivity index (χ4n) is 1.66. The van der Waals surface area contributed by atoms with Crippen molar-refractivity contribution < 1.29 is 9.13 Å². The van der Waals surface area contributed by atoms with Gasteiger partial charge in [0.15, 0.2) is 0 Å². The number of rotatable bonds is 3. The number of ether oxygens (including phenoxy) is 1. The van der Waals surface area contributed by atoms with E-state index in [0.29, 0.717) is 11.1 Å². The van der Waals surface area contributed by atoms with Crippen LogP contribution in [0.1, 0.15) is 0 Å². The topological polar surface area (TPSA) is 31.2 Å². The molecule has 0 unspecified atom stereocenters. The molecule has 84 valence electrons. The molecule has 0 bridgehead atoms. The Labute approximate surface area is 92.1 Å². The normalized spacial score (nSPS) is 10.6. The second kappa shape index (κ2) is 4.35. The smallest absolute Gasteiger partial charge is 0.258 e. The van der Waals surface area contributed by atoms with Gasteiger partial charge in [0, 0.05) is 11.6 Å². The standard InChI is InChI=1S/C12H12FNO2/c1-16-10-2-3-11-9(8-10)4-6-14(7-5-13)12(11)15/h2-4,6,8H,5,7H2,1H3. The van der Waals surface area contributed by atoms with Gasteiger partial charge in [-0.1, -0.05) is 0 Å². The minimum Gasteiger partial charge on any atom is -0.497 e. The summed E-state index contributed by atoms with van der Waals surface area (Å²) < 4.78 is 18.6. The SMILES string of the molecule is COc1ccc2c(=O)n(CCF)ccc2c1. The number of hydrogen-bond acceptors (Lipinski definition) is 2. The summed E-state index contributed by atoms with van der Waals surface area (Å²) in [5.41, 5.74) is -0.169. The van der Waals surface area contributed by atoms with Crippen LogP contribution in [0.15, 0.2) is 35.3 Å². The molecule has 0 spiro atoms. The maximum absolute atomic E-state index is 12.2. The van der Waals surface area contributed by atoms with Gasteiger partial charge < -0.3 is 9.30 Å². The summed E-state index contributed by atoms with van der Waals surface area (Å²) in [6.45, 7) is -0.442. The molecule has 0 aliphatic carbocycles. The zero-order chi connectivity index (χ0) is 11.5. The Balaban J connectivity index is 2.62. The van der Waals surface area contributed by atoms with Crippen molar-refractivity contribution >= 4 is 10.8 Å². The average molecular weight is 221 g/mol. The van der Waals surface area contributed by atoms with E-state index >= 15 is 0 Å². The molecular formula is C12H12FNO2. The van der Waals surface area contributed by atoms with E-state index in [1.165, 1.54) is 4.57 Å². The molecule has 0 aliphatic rings. The van der Waals surface area contributed by atoms with Gasteiger partial charge in [-0.25, -0.2) is 4.39 Å². The molecule has 0 atom stereocenters. The van der Waals surface area contributed by atoms with E-state index in [1.54, 1.807) is 37.6 Å². The predicted octanol–water partition coefficient (Wildman–Crippen LogP) is 1.98. The third kappa shape index (κ3) is 1.78. The van der Waals surface area contributed by atoms with Crippen molar-refractivity contribution in [1.82, 2.24) is 4.57 Å². The van der Waals surface area contributed by atoms with Crippen molar-refractivity contribution in [2.75, 3.05) is 13.8 Å². The van der Waals surface area contributed by atoms with Crippen LogP contribution in [0.3, 0.4) is 0 Å². The summed E-state index contributed by atoms with van der Waals surface area (Å²) in [4.78, 5) is 11.9. The lowest BCUT2D eigenvalue weighted by atomic mass is 10.1. The van der Waals surface area contributed by atoms with Crippen molar-refractivity contribution in [3.8, 4) is 5.75 Å². The Bertz CT molecular complexity index is 562. The maximum Gasteiger partial charge on any atom is 0.258 e. The molecule has 0 aliphatic heterocycles. The number of benzene rings is 1. The first kappa shape index (κ1) is 10.7.